The summed E-state index contributed by atoms with van der Waals surface area (Å²) in [5.74, 6) is 0.696. The van der Waals surface area contributed by atoms with Gasteiger partial charge in [0.15, 0.2) is 5.65 Å². The number of carbonyl (C=O) groups excluding carboxylic acids is 1. The van der Waals surface area contributed by atoms with E-state index < -0.39 is 24.7 Å². The Bertz CT molecular complexity index is 1220. The zero-order chi connectivity index (χ0) is 25.6. The van der Waals surface area contributed by atoms with Gasteiger partial charge in [-0.05, 0) is 19.4 Å². The number of nitrogens with zero attached hydrogens (tertiary/aromatic N) is 6. The number of rotatable bonds is 9. The number of amides is 2. The first-order chi connectivity index (χ1) is 16.7. The van der Waals surface area contributed by atoms with E-state index in [0.717, 1.165) is 0 Å². The van der Waals surface area contributed by atoms with Crippen molar-refractivity contribution in [1.29, 1.82) is 5.26 Å². The number of ether oxygens (including phenoxy) is 2. The second kappa shape index (κ2) is 10.9. The fraction of sp³-hybridized carbons (Fsp3) is 0.409. The molecule has 1 unspecified atom stereocenters. The number of pyridine rings is 1. The minimum atomic E-state index is -4.67. The van der Waals surface area contributed by atoms with Crippen LogP contribution in [0.4, 0.5) is 18.0 Å². The first-order valence-electron chi connectivity index (χ1n) is 10.6. The third-order valence-electron chi connectivity index (χ3n) is 5.22. The topological polar surface area (TPSA) is 118 Å². The zero-order valence-electron chi connectivity index (χ0n) is 19.3. The Morgan fingerprint density at radius 2 is 2.09 bits per heavy atom. The number of urea groups is 1. The van der Waals surface area contributed by atoms with Crippen LogP contribution in [-0.2, 0) is 6.54 Å². The summed E-state index contributed by atoms with van der Waals surface area (Å²) in [4.78, 5) is 26.8. The van der Waals surface area contributed by atoms with Crippen molar-refractivity contribution >= 4 is 11.7 Å². The lowest BCUT2D eigenvalue weighted by Crippen LogP contribution is -2.50. The number of halogens is 3. The van der Waals surface area contributed by atoms with Gasteiger partial charge in [0.25, 0.3) is 5.88 Å². The predicted molar refractivity (Wildman–Crippen MR) is 119 cm³/mol. The predicted octanol–water partition coefficient (Wildman–Crippen LogP) is 3.57. The van der Waals surface area contributed by atoms with Crippen molar-refractivity contribution in [2.24, 2.45) is 0 Å². The van der Waals surface area contributed by atoms with Gasteiger partial charge >= 0.3 is 12.2 Å². The van der Waals surface area contributed by atoms with Crippen molar-refractivity contribution in [2.45, 2.75) is 38.5 Å². The minimum Gasteiger partial charge on any atom is -0.494 e. The molecule has 0 aliphatic rings. The van der Waals surface area contributed by atoms with Crippen LogP contribution in [0, 0.1) is 11.3 Å². The van der Waals surface area contributed by atoms with Crippen LogP contribution in [-0.4, -0.2) is 63.3 Å². The zero-order valence-corrected chi connectivity index (χ0v) is 19.3. The molecular formula is C22H24F3N7O3. The highest BCUT2D eigenvalue weighted by molar-refractivity contribution is 5.75. The van der Waals surface area contributed by atoms with E-state index in [1.165, 1.54) is 25.3 Å². The van der Waals surface area contributed by atoms with Gasteiger partial charge in [0.1, 0.15) is 11.8 Å². The molecule has 0 bridgehead atoms. The van der Waals surface area contributed by atoms with E-state index in [9.17, 15) is 18.0 Å². The summed E-state index contributed by atoms with van der Waals surface area (Å²) in [6, 6.07) is 0.284. The second-order valence-corrected chi connectivity index (χ2v) is 7.42. The van der Waals surface area contributed by atoms with Crippen molar-refractivity contribution in [3.05, 3.63) is 36.5 Å². The monoisotopic (exact) mass is 491 g/mol. The summed E-state index contributed by atoms with van der Waals surface area (Å²) in [7, 11) is 2.94. The maximum atomic E-state index is 13.3. The van der Waals surface area contributed by atoms with Gasteiger partial charge < -0.3 is 24.1 Å². The lowest BCUT2D eigenvalue weighted by Gasteiger charge is -2.26. The highest BCUT2D eigenvalue weighted by atomic mass is 19.4. The number of hydrogen-bond donors (Lipinski definition) is 1. The van der Waals surface area contributed by atoms with Crippen molar-refractivity contribution in [3.8, 4) is 29.0 Å². The fourth-order valence-electron chi connectivity index (χ4n) is 3.39. The molecule has 0 aliphatic heterocycles. The highest BCUT2D eigenvalue weighted by Gasteiger charge is 2.40. The smallest absolute Gasteiger partial charge is 0.408 e. The van der Waals surface area contributed by atoms with Gasteiger partial charge in [0.05, 0.1) is 44.4 Å². The third kappa shape index (κ3) is 5.89. The van der Waals surface area contributed by atoms with Crippen LogP contribution < -0.4 is 14.8 Å². The fourth-order valence-corrected chi connectivity index (χ4v) is 3.39. The Labute approximate surface area is 199 Å². The van der Waals surface area contributed by atoms with Gasteiger partial charge in [-0.15, -0.1) is 0 Å². The average Bonchev–Trinajstić information content (AvgIpc) is 3.32. The maximum absolute atomic E-state index is 13.3. The maximum Gasteiger partial charge on any atom is 0.408 e. The number of hydrogen-bond acceptors (Lipinski definition) is 7. The molecule has 3 aromatic rings. The number of fused-ring (bicyclic) bond motifs is 1. The Morgan fingerprint density at radius 1 is 1.31 bits per heavy atom. The Kier molecular flexibility index (Phi) is 7.95. The van der Waals surface area contributed by atoms with Gasteiger partial charge in [0.2, 0.25) is 0 Å². The highest BCUT2D eigenvalue weighted by Crippen LogP contribution is 2.31. The van der Waals surface area contributed by atoms with Crippen molar-refractivity contribution in [2.75, 3.05) is 20.8 Å². The van der Waals surface area contributed by atoms with E-state index in [2.05, 4.69) is 15.0 Å². The molecule has 1 N–H and O–H groups in total. The summed E-state index contributed by atoms with van der Waals surface area (Å²) in [5.41, 5.74) is 1.96. The van der Waals surface area contributed by atoms with Gasteiger partial charge in [0, 0.05) is 37.1 Å². The number of alkyl halides is 3. The quantitative estimate of drug-likeness (QED) is 0.486. The van der Waals surface area contributed by atoms with E-state index >= 15 is 0 Å². The van der Waals surface area contributed by atoms with Crippen molar-refractivity contribution in [1.82, 2.24) is 29.6 Å². The molecule has 3 heterocycles. The van der Waals surface area contributed by atoms with E-state index in [4.69, 9.17) is 14.7 Å². The first-order valence-corrected chi connectivity index (χ1v) is 10.6. The molecule has 0 fully saturated rings. The largest absolute Gasteiger partial charge is 0.494 e. The molecular weight excluding hydrogens is 467 g/mol. The minimum absolute atomic E-state index is 0.0629. The molecule has 3 aromatic heterocycles. The molecule has 0 radical (unpaired) electrons. The second-order valence-electron chi connectivity index (χ2n) is 7.42. The van der Waals surface area contributed by atoms with Crippen LogP contribution in [0.1, 0.15) is 25.5 Å². The van der Waals surface area contributed by atoms with E-state index in [1.54, 1.807) is 42.1 Å². The SMILES string of the molecule is CCN(Cc1cc(-c2cn3ccnc3c(OC)n2)c(OC)cn1)C(=O)NC(CCC#N)C(F)(F)F. The number of imidazole rings is 1. The normalized spacial score (nSPS) is 12.1. The summed E-state index contributed by atoms with van der Waals surface area (Å²) < 4.78 is 52.3. The Balaban J connectivity index is 1.88. The number of carbonyl (C=O) groups is 1. The van der Waals surface area contributed by atoms with E-state index in [1.807, 2.05) is 5.32 Å². The standard InChI is InChI=1S/C22H24F3N7O3/c1-4-31(21(33)30-18(6-5-7-26)22(23,24)25)12-14-10-15(17(34-2)11-28-14)16-13-32-9-8-27-19(32)20(29-16)35-3/h8-11,13,18H,4-6,12H2,1-3H3,(H,30,33). The molecule has 0 saturated heterocycles. The summed E-state index contributed by atoms with van der Waals surface area (Å²) >= 11 is 0. The number of methoxy groups -OCH3 is 2. The molecule has 0 spiro atoms. The van der Waals surface area contributed by atoms with Gasteiger partial charge in [-0.3, -0.25) is 4.98 Å². The Morgan fingerprint density at radius 3 is 2.71 bits per heavy atom. The van der Waals surface area contributed by atoms with Crippen LogP contribution >= 0.6 is 0 Å². The molecule has 0 aliphatic carbocycles. The summed E-state index contributed by atoms with van der Waals surface area (Å²) in [6.07, 6.45) is 0.962. The molecule has 186 valence electrons. The van der Waals surface area contributed by atoms with Crippen molar-refractivity contribution < 1.29 is 27.4 Å². The van der Waals surface area contributed by atoms with Crippen LogP contribution in [0.3, 0.4) is 0 Å². The van der Waals surface area contributed by atoms with E-state index in [-0.39, 0.29) is 25.4 Å². The Hall–Kier alpha value is -4.08. The molecule has 2 amide bonds. The van der Waals surface area contributed by atoms with Gasteiger partial charge in [-0.1, -0.05) is 0 Å². The lowest BCUT2D eigenvalue weighted by atomic mass is 10.1. The molecule has 0 aromatic carbocycles. The number of aromatic nitrogens is 4. The molecule has 13 heteroatoms. The van der Waals surface area contributed by atoms with Crippen LogP contribution in [0.2, 0.25) is 0 Å². The van der Waals surface area contributed by atoms with Crippen LogP contribution in [0.15, 0.2) is 30.9 Å². The van der Waals surface area contributed by atoms with E-state index in [0.29, 0.717) is 28.3 Å². The molecule has 1 atom stereocenters. The number of nitrogens with one attached hydrogen (secondary N) is 1. The summed E-state index contributed by atoms with van der Waals surface area (Å²) in [5, 5.41) is 10.6. The van der Waals surface area contributed by atoms with Gasteiger partial charge in [-0.2, -0.15) is 18.4 Å². The van der Waals surface area contributed by atoms with Crippen molar-refractivity contribution in [3.63, 3.8) is 0 Å². The lowest BCUT2D eigenvalue weighted by molar-refractivity contribution is -0.154. The molecule has 3 rings (SSSR count). The van der Waals surface area contributed by atoms with Crippen LogP contribution in [0.25, 0.3) is 16.9 Å². The average molecular weight is 491 g/mol. The van der Waals surface area contributed by atoms with Gasteiger partial charge in [-0.25, -0.2) is 14.8 Å². The molecule has 10 nitrogen and oxygen atoms in total. The molecule has 35 heavy (non-hydrogen) atoms. The number of nitriles is 1. The molecule has 0 saturated carbocycles. The summed E-state index contributed by atoms with van der Waals surface area (Å²) in [6.45, 7) is 1.71. The van der Waals surface area contributed by atoms with Crippen LogP contribution in [0.5, 0.6) is 11.6 Å². The first kappa shape index (κ1) is 25.5. The third-order valence-corrected chi connectivity index (χ3v) is 5.22.